The lowest BCUT2D eigenvalue weighted by Crippen LogP contribution is -2.52. The minimum Gasteiger partial charge on any atom is -0.353 e. The van der Waals surface area contributed by atoms with E-state index < -0.39 is 0 Å². The molecule has 1 saturated heterocycles. The summed E-state index contributed by atoms with van der Waals surface area (Å²) in [5.41, 5.74) is 1.78. The number of nitriles is 1. The lowest BCUT2D eigenvalue weighted by atomic mass is 9.92. The maximum absolute atomic E-state index is 12.0. The second-order valence-electron chi connectivity index (χ2n) is 6.13. The molecule has 1 amide bonds. The number of likely N-dealkylation sites (tertiary alicyclic amines) is 1. The zero-order valence-electron chi connectivity index (χ0n) is 13.4. The number of likely N-dealkylation sites (N-methyl/N-ethyl adjacent to an activating group) is 1. The molecule has 0 aromatic carbocycles. The van der Waals surface area contributed by atoms with Crippen LogP contribution < -0.4 is 4.90 Å². The fourth-order valence-corrected chi connectivity index (χ4v) is 3.28. The van der Waals surface area contributed by atoms with Gasteiger partial charge in [-0.05, 0) is 12.3 Å². The normalized spacial score (nSPS) is 22.6. The number of nitrogens with zero attached hydrogens (tertiary/aromatic N) is 6. The van der Waals surface area contributed by atoms with Crippen molar-refractivity contribution in [3.63, 3.8) is 0 Å². The summed E-state index contributed by atoms with van der Waals surface area (Å²) in [5, 5.41) is 8.74. The molecule has 0 N–H and O–H groups in total. The maximum atomic E-state index is 12.0. The summed E-state index contributed by atoms with van der Waals surface area (Å²) in [6.07, 6.45) is 5.03. The van der Waals surface area contributed by atoms with E-state index in [1.54, 1.807) is 11.2 Å². The van der Waals surface area contributed by atoms with E-state index in [0.717, 1.165) is 30.0 Å². The Morgan fingerprint density at radius 1 is 1.52 bits per heavy atom. The van der Waals surface area contributed by atoms with Gasteiger partial charge in [0.25, 0.3) is 0 Å². The van der Waals surface area contributed by atoms with Crippen molar-refractivity contribution in [1.29, 1.82) is 5.26 Å². The zero-order chi connectivity index (χ0) is 16.4. The van der Waals surface area contributed by atoms with Gasteiger partial charge in [-0.25, -0.2) is 9.97 Å². The van der Waals surface area contributed by atoms with E-state index in [4.69, 9.17) is 5.26 Å². The molecule has 1 fully saturated rings. The molecule has 0 unspecified atom stereocenters. The average molecular weight is 312 g/mol. The fourth-order valence-electron chi connectivity index (χ4n) is 3.28. The summed E-state index contributed by atoms with van der Waals surface area (Å²) < 4.78 is 0. The van der Waals surface area contributed by atoms with Gasteiger partial charge in [-0.2, -0.15) is 5.26 Å². The van der Waals surface area contributed by atoms with Crippen molar-refractivity contribution < 1.29 is 4.79 Å². The number of aliphatic imine (C=N–C) groups is 1. The smallest absolute Gasteiger partial charge is 0.236 e. The van der Waals surface area contributed by atoms with Crippen molar-refractivity contribution in [2.45, 2.75) is 32.2 Å². The Morgan fingerprint density at radius 2 is 2.35 bits per heavy atom. The molecule has 7 heteroatoms. The molecule has 1 aromatic heterocycles. The molecule has 2 atom stereocenters. The molecule has 7 nitrogen and oxygen atoms in total. The highest BCUT2D eigenvalue weighted by molar-refractivity contribution is 5.81. The molecule has 0 saturated carbocycles. The molecule has 0 bridgehead atoms. The van der Waals surface area contributed by atoms with Crippen LogP contribution in [0.25, 0.3) is 0 Å². The van der Waals surface area contributed by atoms with Gasteiger partial charge in [0.15, 0.2) is 5.82 Å². The SMILES string of the molecule is C[C@@H]1CCN(C(=O)CC#N)C[C@@H]1N(C)c1ncnc2c1N=CC2. The van der Waals surface area contributed by atoms with Gasteiger partial charge in [-0.1, -0.05) is 6.92 Å². The Kier molecular flexibility index (Phi) is 4.24. The Bertz CT molecular complexity index is 680. The summed E-state index contributed by atoms with van der Waals surface area (Å²) in [4.78, 5) is 29.0. The lowest BCUT2D eigenvalue weighted by molar-refractivity contribution is -0.131. The number of rotatable bonds is 3. The number of amides is 1. The van der Waals surface area contributed by atoms with Crippen LogP contribution in [-0.2, 0) is 11.2 Å². The largest absolute Gasteiger partial charge is 0.353 e. The van der Waals surface area contributed by atoms with Crippen LogP contribution in [-0.4, -0.2) is 53.2 Å². The highest BCUT2D eigenvalue weighted by Gasteiger charge is 2.33. The van der Waals surface area contributed by atoms with E-state index >= 15 is 0 Å². The van der Waals surface area contributed by atoms with E-state index in [1.165, 1.54) is 0 Å². The molecule has 0 spiro atoms. The van der Waals surface area contributed by atoms with Gasteiger partial charge in [0.2, 0.25) is 5.91 Å². The van der Waals surface area contributed by atoms with Crippen LogP contribution in [0, 0.1) is 17.2 Å². The number of carbonyl (C=O) groups is 1. The molecule has 3 rings (SSSR count). The average Bonchev–Trinajstić information content (AvgIpc) is 3.03. The number of piperidine rings is 1. The Morgan fingerprint density at radius 3 is 3.13 bits per heavy atom. The first-order valence-corrected chi connectivity index (χ1v) is 7.85. The summed E-state index contributed by atoms with van der Waals surface area (Å²) in [6, 6.07) is 2.10. The van der Waals surface area contributed by atoms with E-state index in [9.17, 15) is 4.79 Å². The van der Waals surface area contributed by atoms with Crippen LogP contribution in [0.2, 0.25) is 0 Å². The van der Waals surface area contributed by atoms with E-state index in [2.05, 4.69) is 26.8 Å². The third kappa shape index (κ3) is 2.89. The van der Waals surface area contributed by atoms with Crippen LogP contribution in [0.3, 0.4) is 0 Å². The lowest BCUT2D eigenvalue weighted by Gasteiger charge is -2.42. The summed E-state index contributed by atoms with van der Waals surface area (Å²) >= 11 is 0. The molecular weight excluding hydrogens is 292 g/mol. The number of hydrogen-bond acceptors (Lipinski definition) is 6. The molecular formula is C16H20N6O. The first kappa shape index (κ1) is 15.4. The van der Waals surface area contributed by atoms with Gasteiger partial charge < -0.3 is 9.80 Å². The number of hydrogen-bond donors (Lipinski definition) is 0. The summed E-state index contributed by atoms with van der Waals surface area (Å²) in [6.45, 7) is 3.52. The first-order chi connectivity index (χ1) is 11.1. The topological polar surface area (TPSA) is 85.5 Å². The molecule has 0 aliphatic carbocycles. The monoisotopic (exact) mass is 312 g/mol. The second-order valence-corrected chi connectivity index (χ2v) is 6.13. The third-order valence-corrected chi connectivity index (χ3v) is 4.72. The predicted octanol–water partition coefficient (Wildman–Crippen LogP) is 1.32. The second kappa shape index (κ2) is 6.32. The van der Waals surface area contributed by atoms with Crippen molar-refractivity contribution in [1.82, 2.24) is 14.9 Å². The molecule has 3 heterocycles. The Hall–Kier alpha value is -2.49. The quantitative estimate of drug-likeness (QED) is 0.840. The van der Waals surface area contributed by atoms with Gasteiger partial charge in [0.1, 0.15) is 18.4 Å². The summed E-state index contributed by atoms with van der Waals surface area (Å²) in [7, 11) is 2.00. The highest BCUT2D eigenvalue weighted by Crippen LogP contribution is 2.34. The van der Waals surface area contributed by atoms with Crippen molar-refractivity contribution in [3.05, 3.63) is 12.0 Å². The van der Waals surface area contributed by atoms with Crippen LogP contribution in [0.5, 0.6) is 0 Å². The van der Waals surface area contributed by atoms with Gasteiger partial charge >= 0.3 is 0 Å². The molecule has 0 radical (unpaired) electrons. The van der Waals surface area contributed by atoms with Crippen LogP contribution in [0.1, 0.15) is 25.5 Å². The van der Waals surface area contributed by atoms with Crippen LogP contribution in [0.15, 0.2) is 11.3 Å². The standard InChI is InChI=1S/C16H20N6O/c1-11-5-8-22(14(23)3-6-17)9-13(11)21(2)16-15-12(4-7-18-15)19-10-20-16/h7,10-11,13H,3-5,8-9H2,1-2H3/t11-,13+/m1/s1. The minimum absolute atomic E-state index is 0.0575. The molecule has 1 aromatic rings. The van der Waals surface area contributed by atoms with Crippen molar-refractivity contribution in [3.8, 4) is 6.07 Å². The van der Waals surface area contributed by atoms with Crippen molar-refractivity contribution in [2.24, 2.45) is 10.9 Å². The van der Waals surface area contributed by atoms with E-state index in [1.807, 2.05) is 19.3 Å². The third-order valence-electron chi connectivity index (χ3n) is 4.72. The molecule has 23 heavy (non-hydrogen) atoms. The molecule has 2 aliphatic rings. The van der Waals surface area contributed by atoms with Gasteiger partial charge in [-0.15, -0.1) is 0 Å². The first-order valence-electron chi connectivity index (χ1n) is 7.85. The number of carbonyl (C=O) groups excluding carboxylic acids is 1. The fraction of sp³-hybridized carbons (Fsp3) is 0.562. The maximum Gasteiger partial charge on any atom is 0.236 e. The highest BCUT2D eigenvalue weighted by atomic mass is 16.2. The van der Waals surface area contributed by atoms with E-state index in [-0.39, 0.29) is 18.4 Å². The van der Waals surface area contributed by atoms with Crippen LogP contribution >= 0.6 is 0 Å². The number of fused-ring (bicyclic) bond motifs is 1. The van der Waals surface area contributed by atoms with E-state index in [0.29, 0.717) is 19.0 Å². The van der Waals surface area contributed by atoms with Gasteiger partial charge in [0.05, 0.1) is 17.8 Å². The van der Waals surface area contributed by atoms with Crippen LogP contribution in [0.4, 0.5) is 11.5 Å². The van der Waals surface area contributed by atoms with Gasteiger partial charge in [-0.3, -0.25) is 9.79 Å². The number of anilines is 1. The predicted molar refractivity (Wildman–Crippen MR) is 86.7 cm³/mol. The van der Waals surface area contributed by atoms with Crippen molar-refractivity contribution >= 4 is 23.6 Å². The molecule has 120 valence electrons. The Labute approximate surface area is 135 Å². The minimum atomic E-state index is -0.0938. The number of aromatic nitrogens is 2. The zero-order valence-corrected chi connectivity index (χ0v) is 13.4. The van der Waals surface area contributed by atoms with Crippen molar-refractivity contribution in [2.75, 3.05) is 25.0 Å². The summed E-state index contributed by atoms with van der Waals surface area (Å²) in [5.74, 6) is 1.15. The molecule has 2 aliphatic heterocycles. The van der Waals surface area contributed by atoms with Gasteiger partial charge in [0, 0.05) is 32.8 Å². The Balaban J connectivity index is 1.82.